The predicted octanol–water partition coefficient (Wildman–Crippen LogP) is 3.19. The normalized spacial score (nSPS) is 14.1. The Morgan fingerprint density at radius 3 is 2.40 bits per heavy atom. The fourth-order valence-electron chi connectivity index (χ4n) is 3.13. The van der Waals surface area contributed by atoms with Crippen LogP contribution in [-0.4, -0.2) is 40.1 Å². The number of sulfonamides is 1. The van der Waals surface area contributed by atoms with Gasteiger partial charge in [0.25, 0.3) is 10.0 Å². The van der Waals surface area contributed by atoms with Crippen molar-refractivity contribution in [2.45, 2.75) is 37.7 Å². The van der Waals surface area contributed by atoms with Crippen LogP contribution in [0.2, 0.25) is 0 Å². The lowest BCUT2D eigenvalue weighted by Crippen LogP contribution is -2.23. The van der Waals surface area contributed by atoms with Crippen LogP contribution in [0.4, 0.5) is 11.4 Å². The number of nitrogens with zero attached hydrogens (tertiary/aromatic N) is 1. The topological polar surface area (TPSA) is 102 Å². The molecule has 0 saturated carbocycles. The summed E-state index contributed by atoms with van der Waals surface area (Å²) in [7, 11) is -2.55. The molecular formula is C21H24N2O6S. The second kappa shape index (κ2) is 8.74. The fraction of sp³-hybridized carbons (Fsp3) is 0.333. The first kappa shape index (κ1) is 21.6. The van der Waals surface area contributed by atoms with Gasteiger partial charge in [-0.15, -0.1) is 0 Å². The van der Waals surface area contributed by atoms with E-state index in [4.69, 9.17) is 9.47 Å². The number of hydrogen-bond donors (Lipinski definition) is 1. The van der Waals surface area contributed by atoms with Crippen LogP contribution < -0.4 is 14.4 Å². The van der Waals surface area contributed by atoms with Crippen LogP contribution in [0.5, 0.6) is 5.75 Å². The van der Waals surface area contributed by atoms with E-state index in [0.29, 0.717) is 18.7 Å². The number of benzene rings is 2. The van der Waals surface area contributed by atoms with Gasteiger partial charge in [-0.3, -0.25) is 9.52 Å². The molecule has 0 aromatic heterocycles. The molecule has 1 aliphatic rings. The molecule has 2 aromatic carbocycles. The van der Waals surface area contributed by atoms with Crippen molar-refractivity contribution in [3.63, 3.8) is 0 Å². The third-order valence-electron chi connectivity index (χ3n) is 4.55. The highest BCUT2D eigenvalue weighted by atomic mass is 32.2. The first-order chi connectivity index (χ1) is 14.2. The van der Waals surface area contributed by atoms with Gasteiger partial charge in [0.15, 0.2) is 0 Å². The van der Waals surface area contributed by atoms with E-state index in [1.165, 1.54) is 37.4 Å². The molecule has 1 amide bonds. The second-order valence-corrected chi connectivity index (χ2v) is 8.80. The highest BCUT2D eigenvalue weighted by Gasteiger charge is 2.23. The summed E-state index contributed by atoms with van der Waals surface area (Å²) < 4.78 is 38.6. The van der Waals surface area contributed by atoms with Crippen LogP contribution in [-0.2, 0) is 19.6 Å². The second-order valence-electron chi connectivity index (χ2n) is 7.12. The molecule has 30 heavy (non-hydrogen) atoms. The van der Waals surface area contributed by atoms with Crippen molar-refractivity contribution < 1.29 is 27.5 Å². The Morgan fingerprint density at radius 2 is 1.83 bits per heavy atom. The summed E-state index contributed by atoms with van der Waals surface area (Å²) in [6, 6.07) is 10.5. The Hall–Kier alpha value is -3.07. The van der Waals surface area contributed by atoms with Crippen LogP contribution in [0.25, 0.3) is 0 Å². The number of nitrogens with one attached hydrogen (secondary N) is 1. The summed E-state index contributed by atoms with van der Waals surface area (Å²) in [5.41, 5.74) is 0.979. The van der Waals surface area contributed by atoms with Gasteiger partial charge in [-0.1, -0.05) is 0 Å². The van der Waals surface area contributed by atoms with Crippen LogP contribution in [0.1, 0.15) is 37.0 Å². The molecule has 0 aliphatic carbocycles. The van der Waals surface area contributed by atoms with Crippen molar-refractivity contribution in [2.24, 2.45) is 0 Å². The molecule has 160 valence electrons. The third kappa shape index (κ3) is 4.73. The van der Waals surface area contributed by atoms with E-state index in [9.17, 15) is 18.0 Å². The summed E-state index contributed by atoms with van der Waals surface area (Å²) in [4.78, 5) is 25.7. The van der Waals surface area contributed by atoms with Gasteiger partial charge in [-0.2, -0.15) is 0 Å². The molecule has 0 bridgehead atoms. The molecule has 0 radical (unpaired) electrons. The van der Waals surface area contributed by atoms with Crippen molar-refractivity contribution in [3.05, 3.63) is 48.0 Å². The van der Waals surface area contributed by atoms with Crippen molar-refractivity contribution in [2.75, 3.05) is 23.3 Å². The van der Waals surface area contributed by atoms with Gasteiger partial charge in [0.1, 0.15) is 5.75 Å². The van der Waals surface area contributed by atoms with Crippen molar-refractivity contribution in [1.29, 1.82) is 0 Å². The maximum Gasteiger partial charge on any atom is 0.338 e. The number of anilines is 2. The largest absolute Gasteiger partial charge is 0.495 e. The summed E-state index contributed by atoms with van der Waals surface area (Å²) in [6.07, 6.45) is 0.980. The molecule has 1 aliphatic heterocycles. The minimum atomic E-state index is -3.95. The van der Waals surface area contributed by atoms with Gasteiger partial charge in [0.2, 0.25) is 5.91 Å². The zero-order chi connectivity index (χ0) is 21.9. The lowest BCUT2D eigenvalue weighted by molar-refractivity contribution is -0.117. The highest BCUT2D eigenvalue weighted by molar-refractivity contribution is 7.92. The molecule has 9 heteroatoms. The van der Waals surface area contributed by atoms with Crippen molar-refractivity contribution >= 4 is 33.3 Å². The van der Waals surface area contributed by atoms with Crippen molar-refractivity contribution in [3.8, 4) is 5.75 Å². The van der Waals surface area contributed by atoms with E-state index in [1.807, 2.05) is 0 Å². The van der Waals surface area contributed by atoms with Gasteiger partial charge in [-0.25, -0.2) is 13.2 Å². The maximum atomic E-state index is 12.9. The Kier molecular flexibility index (Phi) is 6.31. The van der Waals surface area contributed by atoms with E-state index in [2.05, 4.69) is 4.72 Å². The lowest BCUT2D eigenvalue weighted by atomic mass is 10.2. The number of esters is 1. The number of amides is 1. The fourth-order valence-corrected chi connectivity index (χ4v) is 4.19. The highest BCUT2D eigenvalue weighted by Crippen LogP contribution is 2.29. The Bertz CT molecular complexity index is 1050. The first-order valence-corrected chi connectivity index (χ1v) is 11.0. The molecule has 0 spiro atoms. The SMILES string of the molecule is COc1ccc(C(=O)OC(C)C)cc1NS(=O)(=O)c1ccc(N2CCCC2=O)cc1. The Labute approximate surface area is 175 Å². The van der Waals surface area contributed by atoms with E-state index >= 15 is 0 Å². The molecular weight excluding hydrogens is 408 g/mol. The van der Waals surface area contributed by atoms with Gasteiger partial charge in [0.05, 0.1) is 29.4 Å². The molecule has 2 aromatic rings. The predicted molar refractivity (Wildman–Crippen MR) is 112 cm³/mol. The van der Waals surface area contributed by atoms with E-state index in [1.54, 1.807) is 30.9 Å². The standard InChI is InChI=1S/C21H24N2O6S/c1-14(2)29-21(25)15-6-11-19(28-3)18(13-15)22-30(26,27)17-9-7-16(8-10-17)23-12-4-5-20(23)24/h6-11,13-14,22H,4-5,12H2,1-3H3. The number of ether oxygens (including phenoxy) is 2. The molecule has 1 saturated heterocycles. The maximum absolute atomic E-state index is 12.9. The summed E-state index contributed by atoms with van der Waals surface area (Å²) in [6.45, 7) is 4.08. The minimum Gasteiger partial charge on any atom is -0.495 e. The monoisotopic (exact) mass is 432 g/mol. The summed E-state index contributed by atoms with van der Waals surface area (Å²) in [5.74, 6) is -0.273. The number of rotatable bonds is 7. The van der Waals surface area contributed by atoms with Gasteiger partial charge in [0, 0.05) is 18.7 Å². The summed E-state index contributed by atoms with van der Waals surface area (Å²) >= 11 is 0. The average Bonchev–Trinajstić information content (AvgIpc) is 3.13. The number of methoxy groups -OCH3 is 1. The van der Waals surface area contributed by atoms with E-state index < -0.39 is 16.0 Å². The molecule has 1 N–H and O–H groups in total. The van der Waals surface area contributed by atoms with Gasteiger partial charge < -0.3 is 14.4 Å². The Morgan fingerprint density at radius 1 is 1.13 bits per heavy atom. The number of carbonyl (C=O) groups is 2. The Balaban J connectivity index is 1.85. The molecule has 3 rings (SSSR count). The van der Waals surface area contributed by atoms with Crippen LogP contribution in [0.15, 0.2) is 47.4 Å². The van der Waals surface area contributed by atoms with Crippen LogP contribution in [0, 0.1) is 0 Å². The zero-order valence-electron chi connectivity index (χ0n) is 17.0. The number of hydrogen-bond acceptors (Lipinski definition) is 6. The summed E-state index contributed by atoms with van der Waals surface area (Å²) in [5, 5.41) is 0. The zero-order valence-corrected chi connectivity index (χ0v) is 17.9. The first-order valence-electron chi connectivity index (χ1n) is 9.53. The van der Waals surface area contributed by atoms with Crippen LogP contribution in [0.3, 0.4) is 0 Å². The van der Waals surface area contributed by atoms with Gasteiger partial charge in [-0.05, 0) is 62.7 Å². The lowest BCUT2D eigenvalue weighted by Gasteiger charge is -2.17. The average molecular weight is 432 g/mol. The molecule has 8 nitrogen and oxygen atoms in total. The smallest absolute Gasteiger partial charge is 0.338 e. The minimum absolute atomic E-state index is 0.0232. The third-order valence-corrected chi connectivity index (χ3v) is 5.94. The molecule has 1 fully saturated rings. The van der Waals surface area contributed by atoms with Crippen LogP contribution >= 0.6 is 0 Å². The molecule has 1 heterocycles. The van der Waals surface area contributed by atoms with E-state index in [0.717, 1.165) is 6.42 Å². The molecule has 0 unspecified atom stereocenters. The quantitative estimate of drug-likeness (QED) is 0.674. The number of carbonyl (C=O) groups excluding carboxylic acids is 2. The van der Waals surface area contributed by atoms with Crippen molar-refractivity contribution in [1.82, 2.24) is 0 Å². The van der Waals surface area contributed by atoms with Gasteiger partial charge >= 0.3 is 5.97 Å². The molecule has 0 atom stereocenters. The van der Waals surface area contributed by atoms with E-state index in [-0.39, 0.29) is 33.9 Å².